The van der Waals surface area contributed by atoms with E-state index >= 15 is 0 Å². The van der Waals surface area contributed by atoms with Gasteiger partial charge in [-0.25, -0.2) is 4.79 Å². The number of carboxylic acid groups (broad SMARTS) is 1. The van der Waals surface area contributed by atoms with Crippen molar-refractivity contribution >= 4 is 17.9 Å². The highest BCUT2D eigenvalue weighted by molar-refractivity contribution is 5.85. The molecule has 0 rings (SSSR count). The van der Waals surface area contributed by atoms with Crippen LogP contribution < -0.4 is 0 Å². The highest BCUT2D eigenvalue weighted by atomic mass is 16.4. The van der Waals surface area contributed by atoms with Crippen molar-refractivity contribution < 1.29 is 19.5 Å². The van der Waals surface area contributed by atoms with Gasteiger partial charge < -0.3 is 19.8 Å². The Morgan fingerprint density at radius 2 is 1.75 bits per heavy atom. The van der Waals surface area contributed by atoms with Gasteiger partial charge >= 0.3 is 12.0 Å². The molecule has 7 heteroatoms. The van der Waals surface area contributed by atoms with Crippen LogP contribution in [0.4, 0.5) is 4.79 Å². The first-order valence-corrected chi connectivity index (χ1v) is 6.40. The fraction of sp³-hybridized carbons (Fsp3) is 0.615. The summed E-state index contributed by atoms with van der Waals surface area (Å²) in [6.07, 6.45) is 2.14. The summed E-state index contributed by atoms with van der Waals surface area (Å²) in [5.74, 6) is -1.31. The minimum atomic E-state index is -1.10. The van der Waals surface area contributed by atoms with Gasteiger partial charge in [-0.3, -0.25) is 9.59 Å². The Balaban J connectivity index is 4.93. The normalized spacial score (nSPS) is 9.75. The molecule has 0 radical (unpaired) electrons. The predicted octanol–water partition coefficient (Wildman–Crippen LogP) is 0.479. The maximum absolute atomic E-state index is 12.3. The van der Waals surface area contributed by atoms with Crippen molar-refractivity contribution in [2.45, 2.75) is 13.3 Å². The summed E-state index contributed by atoms with van der Waals surface area (Å²) in [5, 5.41) is 8.82. The van der Waals surface area contributed by atoms with Crippen LogP contribution in [0.2, 0.25) is 0 Å². The zero-order valence-electron chi connectivity index (χ0n) is 12.3. The quantitative estimate of drug-likeness (QED) is 0.658. The zero-order valence-corrected chi connectivity index (χ0v) is 12.3. The molecule has 3 amide bonds. The summed E-state index contributed by atoms with van der Waals surface area (Å²) in [6, 6.07) is -0.468. The van der Waals surface area contributed by atoms with Gasteiger partial charge in [0.05, 0.1) is 0 Å². The molecule has 0 aliphatic rings. The number of nitrogens with zero attached hydrogens (tertiary/aromatic N) is 3. The summed E-state index contributed by atoms with van der Waals surface area (Å²) in [5.41, 5.74) is 0. The number of hydrogen-bond acceptors (Lipinski definition) is 3. The third-order valence-electron chi connectivity index (χ3n) is 2.54. The van der Waals surface area contributed by atoms with E-state index in [1.807, 2.05) is 6.92 Å². The zero-order chi connectivity index (χ0) is 15.7. The Bertz CT molecular complexity index is 369. The average molecular weight is 285 g/mol. The van der Waals surface area contributed by atoms with Crippen LogP contribution in [0.1, 0.15) is 13.3 Å². The highest BCUT2D eigenvalue weighted by Gasteiger charge is 2.23. The van der Waals surface area contributed by atoms with Crippen LogP contribution >= 0.6 is 0 Å². The van der Waals surface area contributed by atoms with E-state index in [1.165, 1.54) is 15.9 Å². The van der Waals surface area contributed by atoms with Crippen molar-refractivity contribution in [3.8, 4) is 0 Å². The molecule has 0 saturated carbocycles. The monoisotopic (exact) mass is 285 g/mol. The molecule has 7 nitrogen and oxygen atoms in total. The van der Waals surface area contributed by atoms with E-state index < -0.39 is 18.5 Å². The van der Waals surface area contributed by atoms with Crippen LogP contribution in [-0.2, 0) is 9.59 Å². The minimum absolute atomic E-state index is 0.0626. The molecule has 0 heterocycles. The van der Waals surface area contributed by atoms with Gasteiger partial charge in [0.25, 0.3) is 0 Å². The molecule has 0 saturated heterocycles. The lowest BCUT2D eigenvalue weighted by Gasteiger charge is -2.29. The first-order valence-electron chi connectivity index (χ1n) is 6.40. The molecule has 0 aromatic rings. The Kier molecular flexibility index (Phi) is 8.03. The molecule has 0 fully saturated rings. The van der Waals surface area contributed by atoms with E-state index in [1.54, 1.807) is 14.1 Å². The van der Waals surface area contributed by atoms with Crippen molar-refractivity contribution in [2.24, 2.45) is 0 Å². The number of carbonyl (C=O) groups is 3. The Morgan fingerprint density at radius 3 is 2.15 bits per heavy atom. The standard InChI is InChI=1S/C13H23N3O4/c1-5-7-15(9-11(17)14(3)4)13(20)16(8-6-2)10-12(18)19/h6H,2,5,7-10H2,1,3-4H3,(H,18,19). The van der Waals surface area contributed by atoms with E-state index in [-0.39, 0.29) is 19.0 Å². The van der Waals surface area contributed by atoms with Crippen LogP contribution in [0.3, 0.4) is 0 Å². The molecule has 0 aromatic heterocycles. The number of amides is 3. The molecule has 0 aliphatic heterocycles. The lowest BCUT2D eigenvalue weighted by molar-refractivity contribution is -0.137. The Labute approximate surface area is 119 Å². The second-order valence-electron chi connectivity index (χ2n) is 4.56. The van der Waals surface area contributed by atoms with Crippen molar-refractivity contribution in [1.82, 2.24) is 14.7 Å². The van der Waals surface area contributed by atoms with Gasteiger partial charge in [-0.1, -0.05) is 13.0 Å². The molecule has 0 spiro atoms. The number of hydrogen-bond donors (Lipinski definition) is 1. The van der Waals surface area contributed by atoms with Gasteiger partial charge in [0, 0.05) is 27.2 Å². The summed E-state index contributed by atoms with van der Waals surface area (Å²) in [4.78, 5) is 38.7. The molecule has 0 bridgehead atoms. The number of aliphatic carboxylic acids is 1. The number of carboxylic acids is 1. The van der Waals surface area contributed by atoms with E-state index in [9.17, 15) is 14.4 Å². The van der Waals surface area contributed by atoms with Gasteiger partial charge in [-0.15, -0.1) is 6.58 Å². The summed E-state index contributed by atoms with van der Waals surface area (Å²) < 4.78 is 0. The van der Waals surface area contributed by atoms with Gasteiger partial charge in [0.15, 0.2) is 0 Å². The van der Waals surface area contributed by atoms with E-state index in [0.717, 1.165) is 4.90 Å². The molecular weight excluding hydrogens is 262 g/mol. The van der Waals surface area contributed by atoms with Crippen LogP contribution in [-0.4, -0.2) is 78.0 Å². The Hall–Kier alpha value is -2.05. The van der Waals surface area contributed by atoms with Crippen LogP contribution in [0, 0.1) is 0 Å². The number of rotatable bonds is 8. The van der Waals surface area contributed by atoms with Crippen LogP contribution in [0.5, 0.6) is 0 Å². The van der Waals surface area contributed by atoms with Crippen molar-refractivity contribution in [3.05, 3.63) is 12.7 Å². The third-order valence-corrected chi connectivity index (χ3v) is 2.54. The summed E-state index contributed by atoms with van der Waals surface area (Å²) in [6.45, 7) is 5.43. The third kappa shape index (κ3) is 6.21. The van der Waals surface area contributed by atoms with Crippen molar-refractivity contribution in [2.75, 3.05) is 40.3 Å². The van der Waals surface area contributed by atoms with E-state index in [0.29, 0.717) is 13.0 Å². The maximum Gasteiger partial charge on any atom is 0.323 e. The topological polar surface area (TPSA) is 81.2 Å². The molecule has 0 aliphatic carbocycles. The summed E-state index contributed by atoms with van der Waals surface area (Å²) >= 11 is 0. The first kappa shape index (κ1) is 17.9. The fourth-order valence-corrected chi connectivity index (χ4v) is 1.55. The van der Waals surface area contributed by atoms with Gasteiger partial charge in [0.2, 0.25) is 5.91 Å². The van der Waals surface area contributed by atoms with Gasteiger partial charge in [-0.05, 0) is 6.42 Å². The molecule has 1 N–H and O–H groups in total. The molecule has 114 valence electrons. The molecule has 0 aromatic carbocycles. The van der Waals surface area contributed by atoms with Crippen molar-refractivity contribution in [3.63, 3.8) is 0 Å². The van der Waals surface area contributed by atoms with Gasteiger partial charge in [-0.2, -0.15) is 0 Å². The number of carbonyl (C=O) groups excluding carboxylic acids is 2. The van der Waals surface area contributed by atoms with Crippen LogP contribution in [0.25, 0.3) is 0 Å². The lowest BCUT2D eigenvalue weighted by atomic mass is 10.3. The molecule has 20 heavy (non-hydrogen) atoms. The first-order chi connectivity index (χ1) is 9.33. The largest absolute Gasteiger partial charge is 0.480 e. The maximum atomic E-state index is 12.3. The lowest BCUT2D eigenvalue weighted by Crippen LogP contribution is -2.49. The Morgan fingerprint density at radius 1 is 1.15 bits per heavy atom. The molecule has 0 atom stereocenters. The number of likely N-dealkylation sites (N-methyl/N-ethyl adjacent to an activating group) is 1. The second kappa shape index (κ2) is 8.95. The molecule has 0 unspecified atom stereocenters. The van der Waals surface area contributed by atoms with E-state index in [2.05, 4.69) is 6.58 Å². The van der Waals surface area contributed by atoms with E-state index in [4.69, 9.17) is 5.11 Å². The average Bonchev–Trinajstić information content (AvgIpc) is 2.36. The molecular formula is C13H23N3O4. The minimum Gasteiger partial charge on any atom is -0.480 e. The fourth-order valence-electron chi connectivity index (χ4n) is 1.55. The predicted molar refractivity (Wildman–Crippen MR) is 75.4 cm³/mol. The highest BCUT2D eigenvalue weighted by Crippen LogP contribution is 2.02. The smallest absolute Gasteiger partial charge is 0.323 e. The SMILES string of the molecule is C=CCN(CC(=O)O)C(=O)N(CCC)CC(=O)N(C)C. The second-order valence-corrected chi connectivity index (χ2v) is 4.56. The number of urea groups is 1. The summed E-state index contributed by atoms with van der Waals surface area (Å²) in [7, 11) is 3.21. The van der Waals surface area contributed by atoms with Gasteiger partial charge in [0.1, 0.15) is 13.1 Å². The van der Waals surface area contributed by atoms with Crippen molar-refractivity contribution in [1.29, 1.82) is 0 Å². The van der Waals surface area contributed by atoms with Crippen LogP contribution in [0.15, 0.2) is 12.7 Å².